The topological polar surface area (TPSA) is 49.7 Å². The van der Waals surface area contributed by atoms with Gasteiger partial charge in [0.05, 0.1) is 0 Å². The molecule has 0 saturated carbocycles. The summed E-state index contributed by atoms with van der Waals surface area (Å²) in [7, 11) is 0. The fourth-order valence-electron chi connectivity index (χ4n) is 2.11. The SMILES string of the molecule is C=CCc1cccc(O)c1Oc1c(O)cccc1CC=C. The van der Waals surface area contributed by atoms with E-state index in [9.17, 15) is 10.2 Å². The van der Waals surface area contributed by atoms with Crippen molar-refractivity contribution in [2.24, 2.45) is 0 Å². The van der Waals surface area contributed by atoms with Gasteiger partial charge in [-0.1, -0.05) is 36.4 Å². The highest BCUT2D eigenvalue weighted by Crippen LogP contribution is 2.40. The number of aromatic hydroxyl groups is 2. The molecule has 0 atom stereocenters. The van der Waals surface area contributed by atoms with Crippen LogP contribution in [0.2, 0.25) is 0 Å². The zero-order valence-corrected chi connectivity index (χ0v) is 11.7. The highest BCUT2D eigenvalue weighted by molar-refractivity contribution is 5.53. The quantitative estimate of drug-likeness (QED) is 0.774. The Morgan fingerprint density at radius 3 is 1.62 bits per heavy atom. The Labute approximate surface area is 124 Å². The van der Waals surface area contributed by atoms with Gasteiger partial charge in [-0.15, -0.1) is 13.2 Å². The molecule has 0 aliphatic rings. The van der Waals surface area contributed by atoms with Crippen molar-refractivity contribution in [3.63, 3.8) is 0 Å². The van der Waals surface area contributed by atoms with Gasteiger partial charge in [-0.25, -0.2) is 0 Å². The van der Waals surface area contributed by atoms with Crippen molar-refractivity contribution in [1.82, 2.24) is 0 Å². The molecule has 0 fully saturated rings. The van der Waals surface area contributed by atoms with Crippen LogP contribution in [-0.4, -0.2) is 10.2 Å². The number of allylic oxidation sites excluding steroid dienone is 2. The van der Waals surface area contributed by atoms with E-state index in [1.54, 1.807) is 36.4 Å². The fraction of sp³-hybridized carbons (Fsp3) is 0.111. The van der Waals surface area contributed by atoms with Gasteiger partial charge in [-0.05, 0) is 25.0 Å². The van der Waals surface area contributed by atoms with Gasteiger partial charge in [0, 0.05) is 11.1 Å². The van der Waals surface area contributed by atoms with E-state index in [2.05, 4.69) is 13.2 Å². The van der Waals surface area contributed by atoms with Gasteiger partial charge in [0.1, 0.15) is 0 Å². The molecule has 3 heteroatoms. The number of rotatable bonds is 6. The average molecular weight is 282 g/mol. The summed E-state index contributed by atoms with van der Waals surface area (Å²) in [4.78, 5) is 0. The first-order chi connectivity index (χ1) is 10.2. The third-order valence-electron chi connectivity index (χ3n) is 3.08. The van der Waals surface area contributed by atoms with Crippen LogP contribution in [0.5, 0.6) is 23.0 Å². The van der Waals surface area contributed by atoms with Crippen molar-refractivity contribution < 1.29 is 14.9 Å². The Kier molecular flexibility index (Phi) is 4.67. The van der Waals surface area contributed by atoms with E-state index in [0.717, 1.165) is 11.1 Å². The monoisotopic (exact) mass is 282 g/mol. The Balaban J connectivity index is 2.47. The predicted molar refractivity (Wildman–Crippen MR) is 84.1 cm³/mol. The van der Waals surface area contributed by atoms with Crippen molar-refractivity contribution >= 4 is 0 Å². The van der Waals surface area contributed by atoms with E-state index in [4.69, 9.17) is 4.74 Å². The van der Waals surface area contributed by atoms with E-state index in [0.29, 0.717) is 24.3 Å². The molecule has 21 heavy (non-hydrogen) atoms. The lowest BCUT2D eigenvalue weighted by molar-refractivity contribution is 0.380. The van der Waals surface area contributed by atoms with Gasteiger partial charge in [0.2, 0.25) is 0 Å². The maximum atomic E-state index is 10.0. The first-order valence-electron chi connectivity index (χ1n) is 6.68. The van der Waals surface area contributed by atoms with Crippen molar-refractivity contribution in [3.05, 3.63) is 72.8 Å². The lowest BCUT2D eigenvalue weighted by Crippen LogP contribution is -1.95. The highest BCUT2D eigenvalue weighted by Gasteiger charge is 2.14. The number of benzene rings is 2. The van der Waals surface area contributed by atoms with Crippen LogP contribution in [0.4, 0.5) is 0 Å². The molecule has 0 unspecified atom stereocenters. The minimum atomic E-state index is 0.0298. The van der Waals surface area contributed by atoms with Gasteiger partial charge < -0.3 is 14.9 Å². The van der Waals surface area contributed by atoms with Crippen LogP contribution in [0, 0.1) is 0 Å². The molecule has 2 aromatic carbocycles. The van der Waals surface area contributed by atoms with Crippen LogP contribution < -0.4 is 4.74 Å². The lowest BCUT2D eigenvalue weighted by Gasteiger charge is -2.15. The van der Waals surface area contributed by atoms with Crippen molar-refractivity contribution in [2.45, 2.75) is 12.8 Å². The zero-order chi connectivity index (χ0) is 15.2. The number of phenols is 2. The van der Waals surface area contributed by atoms with E-state index < -0.39 is 0 Å². The molecule has 3 nitrogen and oxygen atoms in total. The van der Waals surface area contributed by atoms with Gasteiger partial charge in [-0.2, -0.15) is 0 Å². The predicted octanol–water partition coefficient (Wildman–Crippen LogP) is 4.35. The summed E-state index contributed by atoms with van der Waals surface area (Å²) in [5, 5.41) is 20.1. The van der Waals surface area contributed by atoms with Crippen LogP contribution in [0.1, 0.15) is 11.1 Å². The van der Waals surface area contributed by atoms with E-state index >= 15 is 0 Å². The molecular formula is C18H18O3. The van der Waals surface area contributed by atoms with Crippen LogP contribution in [0.3, 0.4) is 0 Å². The normalized spacial score (nSPS) is 10.1. The largest absolute Gasteiger partial charge is 0.504 e. The average Bonchev–Trinajstić information content (AvgIpc) is 2.46. The summed E-state index contributed by atoms with van der Waals surface area (Å²) in [6.07, 6.45) is 4.59. The van der Waals surface area contributed by atoms with E-state index in [1.165, 1.54) is 0 Å². The molecule has 108 valence electrons. The molecule has 0 bridgehead atoms. The summed E-state index contributed by atoms with van der Waals surface area (Å²) in [5.74, 6) is 0.734. The van der Waals surface area contributed by atoms with Crippen LogP contribution in [0.15, 0.2) is 61.7 Å². The number of para-hydroxylation sites is 2. The second kappa shape index (κ2) is 6.66. The summed E-state index contributed by atoms with van der Waals surface area (Å²) < 4.78 is 5.81. The standard InChI is InChI=1S/C18H18O3/c1-3-7-13-9-5-11-15(19)17(13)21-18-14(8-4-2)10-6-12-16(18)20/h3-6,9-12,19-20H,1-2,7-8H2. The molecule has 0 spiro atoms. The smallest absolute Gasteiger partial charge is 0.172 e. The molecule has 0 aliphatic carbocycles. The molecule has 0 aliphatic heterocycles. The minimum absolute atomic E-state index is 0.0298. The maximum absolute atomic E-state index is 10.0. The Morgan fingerprint density at radius 1 is 0.810 bits per heavy atom. The molecule has 2 N–H and O–H groups in total. The summed E-state index contributed by atoms with van der Waals surface area (Å²) in [6.45, 7) is 7.40. The number of hydrogen-bond donors (Lipinski definition) is 2. The molecule has 2 aromatic rings. The fourth-order valence-corrected chi connectivity index (χ4v) is 2.11. The van der Waals surface area contributed by atoms with Crippen LogP contribution >= 0.6 is 0 Å². The van der Waals surface area contributed by atoms with Crippen molar-refractivity contribution in [2.75, 3.05) is 0 Å². The Morgan fingerprint density at radius 2 is 1.24 bits per heavy atom. The van der Waals surface area contributed by atoms with Gasteiger partial charge >= 0.3 is 0 Å². The Bertz CT molecular complexity index is 602. The van der Waals surface area contributed by atoms with Crippen LogP contribution in [-0.2, 0) is 12.8 Å². The molecular weight excluding hydrogens is 264 g/mol. The van der Waals surface area contributed by atoms with Crippen molar-refractivity contribution in [1.29, 1.82) is 0 Å². The van der Waals surface area contributed by atoms with Crippen LogP contribution in [0.25, 0.3) is 0 Å². The second-order valence-electron chi connectivity index (χ2n) is 4.62. The summed E-state index contributed by atoms with van der Waals surface area (Å²) >= 11 is 0. The second-order valence-corrected chi connectivity index (χ2v) is 4.62. The van der Waals surface area contributed by atoms with Gasteiger partial charge in [-0.3, -0.25) is 0 Å². The molecule has 0 heterocycles. The van der Waals surface area contributed by atoms with Gasteiger partial charge in [0.25, 0.3) is 0 Å². The summed E-state index contributed by atoms with van der Waals surface area (Å²) in [6, 6.07) is 10.3. The first-order valence-corrected chi connectivity index (χ1v) is 6.68. The van der Waals surface area contributed by atoms with E-state index in [-0.39, 0.29) is 11.5 Å². The zero-order valence-electron chi connectivity index (χ0n) is 11.7. The maximum Gasteiger partial charge on any atom is 0.172 e. The first kappa shape index (κ1) is 14.7. The highest BCUT2D eigenvalue weighted by atomic mass is 16.5. The number of phenolic OH excluding ortho intramolecular Hbond substituents is 2. The molecule has 0 aromatic heterocycles. The Hall–Kier alpha value is -2.68. The number of hydrogen-bond acceptors (Lipinski definition) is 3. The van der Waals surface area contributed by atoms with Gasteiger partial charge in [0.15, 0.2) is 23.0 Å². The number of ether oxygens (including phenoxy) is 1. The van der Waals surface area contributed by atoms with Crippen molar-refractivity contribution in [3.8, 4) is 23.0 Å². The minimum Gasteiger partial charge on any atom is -0.504 e. The molecule has 0 saturated heterocycles. The molecule has 0 radical (unpaired) electrons. The lowest BCUT2D eigenvalue weighted by atomic mass is 10.1. The molecule has 0 amide bonds. The third kappa shape index (κ3) is 3.26. The van der Waals surface area contributed by atoms with E-state index in [1.807, 2.05) is 12.1 Å². The summed E-state index contributed by atoms with van der Waals surface area (Å²) in [5.41, 5.74) is 1.61. The molecule has 2 rings (SSSR count). The third-order valence-corrected chi connectivity index (χ3v) is 3.08.